The van der Waals surface area contributed by atoms with Gasteiger partial charge >= 0.3 is 0 Å². The summed E-state index contributed by atoms with van der Waals surface area (Å²) < 4.78 is 26.3. The molecule has 0 radical (unpaired) electrons. The lowest BCUT2D eigenvalue weighted by atomic mass is 9.71. The molecule has 4 aliphatic rings. The normalized spacial score (nSPS) is 18.5. The summed E-state index contributed by atoms with van der Waals surface area (Å²) in [6.07, 6.45) is 14.7. The van der Waals surface area contributed by atoms with E-state index in [9.17, 15) is 18.9 Å². The van der Waals surface area contributed by atoms with Gasteiger partial charge in [0.25, 0.3) is 5.91 Å². The van der Waals surface area contributed by atoms with E-state index in [-0.39, 0.29) is 18.2 Å². The Morgan fingerprint density at radius 3 is 2.43 bits per heavy atom. The number of anilines is 5. The summed E-state index contributed by atoms with van der Waals surface area (Å²) in [6, 6.07) is 12.8. The first-order chi connectivity index (χ1) is 32.8. The lowest BCUT2D eigenvalue weighted by Gasteiger charge is -2.47. The molecule has 3 saturated heterocycles. The van der Waals surface area contributed by atoms with Crippen LogP contribution >= 0.6 is 23.1 Å². The Morgan fingerprint density at radius 1 is 0.897 bits per heavy atom. The maximum absolute atomic E-state index is 13.5. The van der Waals surface area contributed by atoms with E-state index in [0.29, 0.717) is 80.3 Å². The molecule has 3 N–H and O–H groups in total. The van der Waals surface area contributed by atoms with Crippen molar-refractivity contribution < 1.29 is 28.4 Å². The Balaban J connectivity index is 0.720. The van der Waals surface area contributed by atoms with Gasteiger partial charge in [0.1, 0.15) is 36.0 Å². The van der Waals surface area contributed by atoms with Crippen LogP contribution in [-0.2, 0) is 20.7 Å². The molecule has 9 rings (SSSR count). The molecule has 1 spiro atoms. The molecule has 1 unspecified atom stereocenters. The van der Waals surface area contributed by atoms with Crippen LogP contribution in [0.25, 0.3) is 11.0 Å². The van der Waals surface area contributed by atoms with Crippen molar-refractivity contribution in [2.24, 2.45) is 5.41 Å². The van der Waals surface area contributed by atoms with E-state index in [1.807, 2.05) is 24.3 Å². The molecular formula is C50H60BrN10O6P. The van der Waals surface area contributed by atoms with Gasteiger partial charge in [0, 0.05) is 61.0 Å². The molecule has 0 bridgehead atoms. The van der Waals surface area contributed by atoms with Crippen LogP contribution in [0.4, 0.5) is 28.8 Å². The summed E-state index contributed by atoms with van der Waals surface area (Å²) >= 11 is 3.60. The number of piperidine rings is 3. The van der Waals surface area contributed by atoms with Gasteiger partial charge in [-0.25, -0.2) is 4.98 Å². The molecule has 3 amide bonds. The highest BCUT2D eigenvalue weighted by Gasteiger charge is 2.41. The number of hydrogen-bond donors (Lipinski definition) is 3. The fraction of sp³-hybridized carbons (Fsp3) is 0.460. The van der Waals surface area contributed by atoms with Crippen molar-refractivity contribution >= 4 is 86.0 Å². The number of ether oxygens (including phenoxy) is 2. The van der Waals surface area contributed by atoms with E-state index in [4.69, 9.17) is 14.5 Å². The highest BCUT2D eigenvalue weighted by Crippen LogP contribution is 2.45. The number of nitrogens with one attached hydrogen (secondary N) is 3. The molecule has 0 saturated carbocycles. The number of nitrogens with zero attached hydrogens (tertiary/aromatic N) is 7. The molecule has 1 atom stereocenters. The summed E-state index contributed by atoms with van der Waals surface area (Å²) in [5.41, 5.74) is 6.80. The monoisotopic (exact) mass is 1010 g/mol. The number of amides is 3. The lowest BCUT2D eigenvalue weighted by Crippen LogP contribution is -2.52. The standard InChI is InChI=1S/C50H60BrN10O6P/c1-32-28-38(56-49-54-30-35(51)46(58-49)55-37-13-12-36-44(53-21-20-52-36)45(37)68(3,4)65)42(66-2)29-40(32)60-25-18-50(19-26-60)16-23-59(24-17-50)22-7-5-6-8-27-67-41-11-9-10-33-34(41)31-61(48(33)64)39-14-15-43(62)57-47(39)63/h9-13,20-21,28-30,39H,5-8,14-19,22-27,31H2,1-4H3,(H,57,62,63)(H2,54,55,56,58). The minimum absolute atomic E-state index is 0.182. The van der Waals surface area contributed by atoms with Crippen molar-refractivity contribution in [3.05, 3.63) is 82.2 Å². The van der Waals surface area contributed by atoms with Gasteiger partial charge in [0.2, 0.25) is 17.8 Å². The van der Waals surface area contributed by atoms with Gasteiger partial charge in [0.15, 0.2) is 0 Å². The van der Waals surface area contributed by atoms with Crippen molar-refractivity contribution in [1.29, 1.82) is 0 Å². The molecule has 18 heteroatoms. The number of imide groups is 1. The Morgan fingerprint density at radius 2 is 1.66 bits per heavy atom. The molecule has 358 valence electrons. The maximum atomic E-state index is 13.5. The second-order valence-electron chi connectivity index (χ2n) is 19.0. The van der Waals surface area contributed by atoms with Crippen LogP contribution in [0.15, 0.2) is 65.5 Å². The molecule has 3 aromatic carbocycles. The van der Waals surface area contributed by atoms with Gasteiger partial charge < -0.3 is 39.4 Å². The fourth-order valence-corrected chi connectivity index (χ4v) is 12.0. The van der Waals surface area contributed by atoms with Crippen molar-refractivity contribution in [1.82, 2.24) is 35.1 Å². The zero-order valence-electron chi connectivity index (χ0n) is 39.3. The first kappa shape index (κ1) is 47.4. The van der Waals surface area contributed by atoms with Gasteiger partial charge in [-0.15, -0.1) is 0 Å². The van der Waals surface area contributed by atoms with Crippen LogP contribution in [0.5, 0.6) is 11.5 Å². The highest BCUT2D eigenvalue weighted by molar-refractivity contribution is 9.10. The number of fused-ring (bicyclic) bond motifs is 2. The number of hydrogen-bond acceptors (Lipinski definition) is 14. The Labute approximate surface area is 405 Å². The second kappa shape index (κ2) is 20.1. The van der Waals surface area contributed by atoms with Gasteiger partial charge in [0.05, 0.1) is 46.9 Å². The molecule has 6 heterocycles. The van der Waals surface area contributed by atoms with Crippen LogP contribution in [0.2, 0.25) is 0 Å². The summed E-state index contributed by atoms with van der Waals surface area (Å²) in [5.74, 6) is 1.42. The van der Waals surface area contributed by atoms with E-state index < -0.39 is 19.1 Å². The number of methoxy groups -OCH3 is 1. The zero-order chi connectivity index (χ0) is 47.6. The Bertz CT molecular complexity index is 2770. The van der Waals surface area contributed by atoms with Crippen molar-refractivity contribution in [3.63, 3.8) is 0 Å². The summed E-state index contributed by atoms with van der Waals surface area (Å²) in [6.45, 7) is 11.9. The Kier molecular flexibility index (Phi) is 14.0. The predicted octanol–water partition coefficient (Wildman–Crippen LogP) is 8.32. The Hall–Kier alpha value is -5.64. The number of carbonyl (C=O) groups is 3. The number of rotatable bonds is 16. The van der Waals surface area contributed by atoms with Crippen LogP contribution in [0.3, 0.4) is 0 Å². The lowest BCUT2D eigenvalue weighted by molar-refractivity contribution is -0.136. The molecule has 0 aliphatic carbocycles. The number of aryl methyl sites for hydroxylation is 1. The van der Waals surface area contributed by atoms with Crippen LogP contribution < -0.4 is 35.6 Å². The van der Waals surface area contributed by atoms with Gasteiger partial charge in [-0.1, -0.05) is 18.9 Å². The fourth-order valence-electron chi connectivity index (χ4n) is 10.4. The quantitative estimate of drug-likeness (QED) is 0.0487. The highest BCUT2D eigenvalue weighted by atomic mass is 79.9. The molecule has 3 fully saturated rings. The largest absolute Gasteiger partial charge is 0.494 e. The van der Waals surface area contributed by atoms with Gasteiger partial charge in [-0.05, 0) is 142 Å². The topological polar surface area (TPSA) is 184 Å². The smallest absolute Gasteiger partial charge is 0.255 e. The third-order valence-corrected chi connectivity index (χ3v) is 16.3. The number of likely N-dealkylation sites (tertiary alicyclic amines) is 1. The molecule has 68 heavy (non-hydrogen) atoms. The molecule has 16 nitrogen and oxygen atoms in total. The number of carbonyl (C=O) groups excluding carboxylic acids is 3. The van der Waals surface area contributed by atoms with Crippen molar-refractivity contribution in [2.45, 2.75) is 83.7 Å². The minimum Gasteiger partial charge on any atom is -0.494 e. The SMILES string of the molecule is COc1cc(N2CCC3(CCN(CCCCCCOc4cccc5c4CN(C4CCC(=O)NC4=O)C5=O)CC3)CC2)c(C)cc1Nc1ncc(Br)c(Nc2ccc3nccnc3c2P(C)(C)=O)n1. The van der Waals surface area contributed by atoms with Crippen LogP contribution in [-0.4, -0.2) is 113 Å². The number of aromatic nitrogens is 4. The first-order valence-corrected chi connectivity index (χ1v) is 27.1. The molecular weight excluding hydrogens is 947 g/mol. The third-order valence-electron chi connectivity index (χ3n) is 14.2. The maximum Gasteiger partial charge on any atom is 0.255 e. The number of benzene rings is 3. The minimum atomic E-state index is -2.77. The third kappa shape index (κ3) is 10.2. The van der Waals surface area contributed by atoms with E-state index in [0.717, 1.165) is 68.8 Å². The van der Waals surface area contributed by atoms with Crippen LogP contribution in [0, 0.1) is 12.3 Å². The molecule has 4 aliphatic heterocycles. The number of halogens is 1. The predicted molar refractivity (Wildman–Crippen MR) is 269 cm³/mol. The van der Waals surface area contributed by atoms with Crippen molar-refractivity contribution in [2.75, 3.05) is 75.3 Å². The van der Waals surface area contributed by atoms with E-state index in [1.165, 1.54) is 37.8 Å². The van der Waals surface area contributed by atoms with Gasteiger partial charge in [-0.3, -0.25) is 29.7 Å². The summed E-state index contributed by atoms with van der Waals surface area (Å²) in [5, 5.41) is 9.75. The molecule has 2 aromatic heterocycles. The second-order valence-corrected chi connectivity index (χ2v) is 23.0. The summed E-state index contributed by atoms with van der Waals surface area (Å²) in [7, 11) is -1.08. The number of unbranched alkanes of at least 4 members (excludes halogenated alkanes) is 3. The zero-order valence-corrected chi connectivity index (χ0v) is 41.8. The van der Waals surface area contributed by atoms with Gasteiger partial charge in [-0.2, -0.15) is 4.98 Å². The summed E-state index contributed by atoms with van der Waals surface area (Å²) in [4.78, 5) is 62.3. The first-order valence-electron chi connectivity index (χ1n) is 23.7. The van der Waals surface area contributed by atoms with Crippen molar-refractivity contribution in [3.8, 4) is 11.5 Å². The van der Waals surface area contributed by atoms with Crippen LogP contribution in [0.1, 0.15) is 85.7 Å². The average Bonchev–Trinajstić information content (AvgIpc) is 3.66. The van der Waals surface area contributed by atoms with E-state index in [1.54, 1.807) is 50.0 Å². The van der Waals surface area contributed by atoms with E-state index in [2.05, 4.69) is 75.7 Å². The average molecular weight is 1010 g/mol. The molecule has 5 aromatic rings. The van der Waals surface area contributed by atoms with E-state index >= 15 is 0 Å².